The lowest BCUT2D eigenvalue weighted by atomic mass is 10.1. The number of nitrogens with zero attached hydrogens (tertiary/aromatic N) is 2. The maximum Gasteiger partial charge on any atom is 0.242 e. The minimum absolute atomic E-state index is 0.0304. The average Bonchev–Trinajstić information content (AvgIpc) is 2.35. The fourth-order valence-corrected chi connectivity index (χ4v) is 2.04. The van der Waals surface area contributed by atoms with Gasteiger partial charge in [-0.25, -0.2) is 0 Å². The van der Waals surface area contributed by atoms with Crippen LogP contribution in [0.25, 0.3) is 0 Å². The number of piperazine rings is 1. The van der Waals surface area contributed by atoms with Crippen LogP contribution in [0.5, 0.6) is 0 Å². The quantitative estimate of drug-likeness (QED) is 0.769. The van der Waals surface area contributed by atoms with E-state index in [0.717, 1.165) is 32.7 Å². The van der Waals surface area contributed by atoms with Gasteiger partial charge in [0.2, 0.25) is 11.8 Å². The molecular formula is C13H25N3O2. The lowest BCUT2D eigenvalue weighted by Crippen LogP contribution is -2.51. The van der Waals surface area contributed by atoms with Crippen molar-refractivity contribution in [2.75, 3.05) is 39.3 Å². The van der Waals surface area contributed by atoms with E-state index in [2.05, 4.69) is 17.1 Å². The zero-order valence-corrected chi connectivity index (χ0v) is 11.7. The summed E-state index contributed by atoms with van der Waals surface area (Å²) in [5, 5.41) is 2.69. The van der Waals surface area contributed by atoms with Crippen LogP contribution in [0.4, 0.5) is 0 Å². The minimum atomic E-state index is -0.0365. The van der Waals surface area contributed by atoms with E-state index in [1.165, 1.54) is 0 Å². The molecule has 0 aromatic heterocycles. The summed E-state index contributed by atoms with van der Waals surface area (Å²) in [6.07, 6.45) is 0.483. The molecule has 0 bridgehead atoms. The largest absolute Gasteiger partial charge is 0.347 e. The van der Waals surface area contributed by atoms with Crippen molar-refractivity contribution >= 4 is 11.8 Å². The first-order chi connectivity index (χ1) is 8.52. The molecule has 1 aliphatic rings. The molecule has 18 heavy (non-hydrogen) atoms. The highest BCUT2D eigenvalue weighted by atomic mass is 16.2. The predicted molar refractivity (Wildman–Crippen MR) is 71.2 cm³/mol. The van der Waals surface area contributed by atoms with Gasteiger partial charge in [-0.15, -0.1) is 0 Å². The first-order valence-electron chi connectivity index (χ1n) is 6.79. The number of hydrogen-bond donors (Lipinski definition) is 1. The van der Waals surface area contributed by atoms with Gasteiger partial charge in [-0.1, -0.05) is 20.8 Å². The molecule has 104 valence electrons. The molecule has 5 heteroatoms. The summed E-state index contributed by atoms with van der Waals surface area (Å²) < 4.78 is 0. The summed E-state index contributed by atoms with van der Waals surface area (Å²) in [6.45, 7) is 10.7. The number of carbonyl (C=O) groups is 2. The number of carbonyl (C=O) groups excluding carboxylic acids is 2. The van der Waals surface area contributed by atoms with E-state index in [0.29, 0.717) is 12.3 Å². The molecule has 5 nitrogen and oxygen atoms in total. The molecule has 0 saturated carbocycles. The van der Waals surface area contributed by atoms with Crippen molar-refractivity contribution in [2.24, 2.45) is 5.92 Å². The second-order valence-corrected chi connectivity index (χ2v) is 5.19. The van der Waals surface area contributed by atoms with Gasteiger partial charge in [0.1, 0.15) is 0 Å². The summed E-state index contributed by atoms with van der Waals surface area (Å²) in [7, 11) is 0. The van der Waals surface area contributed by atoms with Crippen LogP contribution < -0.4 is 5.32 Å². The highest BCUT2D eigenvalue weighted by Crippen LogP contribution is 2.02. The number of likely N-dealkylation sites (N-methyl/N-ethyl adjacent to an activating group) is 1. The summed E-state index contributed by atoms with van der Waals surface area (Å²) >= 11 is 0. The van der Waals surface area contributed by atoms with Gasteiger partial charge in [0, 0.05) is 32.6 Å². The zero-order valence-electron chi connectivity index (χ0n) is 11.7. The van der Waals surface area contributed by atoms with E-state index in [1.807, 2.05) is 18.7 Å². The smallest absolute Gasteiger partial charge is 0.242 e. The SMILES string of the molecule is CCN1CCN(C(=O)CNC(=O)CC(C)C)CC1. The van der Waals surface area contributed by atoms with Crippen molar-refractivity contribution in [2.45, 2.75) is 27.2 Å². The van der Waals surface area contributed by atoms with Gasteiger partial charge in [-0.3, -0.25) is 9.59 Å². The van der Waals surface area contributed by atoms with Crippen LogP contribution in [-0.2, 0) is 9.59 Å². The van der Waals surface area contributed by atoms with Crippen LogP contribution in [0.2, 0.25) is 0 Å². The van der Waals surface area contributed by atoms with Crippen LogP contribution in [0.3, 0.4) is 0 Å². The monoisotopic (exact) mass is 255 g/mol. The zero-order chi connectivity index (χ0) is 13.5. The fraction of sp³-hybridized carbons (Fsp3) is 0.846. The normalized spacial score (nSPS) is 17.0. The Labute approximate surface area is 110 Å². The van der Waals surface area contributed by atoms with Gasteiger partial charge < -0.3 is 15.1 Å². The Kier molecular flexibility index (Phi) is 6.12. The van der Waals surface area contributed by atoms with Crippen LogP contribution in [0, 0.1) is 5.92 Å². The lowest BCUT2D eigenvalue weighted by molar-refractivity contribution is -0.134. The Morgan fingerprint density at radius 2 is 1.78 bits per heavy atom. The topological polar surface area (TPSA) is 52.6 Å². The third-order valence-corrected chi connectivity index (χ3v) is 3.20. The van der Waals surface area contributed by atoms with E-state index in [1.54, 1.807) is 0 Å². The van der Waals surface area contributed by atoms with Crippen molar-refractivity contribution in [1.29, 1.82) is 0 Å². The maximum absolute atomic E-state index is 11.9. The molecular weight excluding hydrogens is 230 g/mol. The van der Waals surface area contributed by atoms with Crippen molar-refractivity contribution in [3.63, 3.8) is 0 Å². The molecule has 0 aliphatic carbocycles. The van der Waals surface area contributed by atoms with E-state index in [9.17, 15) is 9.59 Å². The Morgan fingerprint density at radius 3 is 2.28 bits per heavy atom. The molecule has 0 atom stereocenters. The number of nitrogens with one attached hydrogen (secondary N) is 1. The maximum atomic E-state index is 11.9. The molecule has 1 aliphatic heterocycles. The highest BCUT2D eigenvalue weighted by Gasteiger charge is 2.20. The van der Waals surface area contributed by atoms with E-state index in [4.69, 9.17) is 0 Å². The molecule has 0 aromatic rings. The third-order valence-electron chi connectivity index (χ3n) is 3.20. The highest BCUT2D eigenvalue weighted by molar-refractivity contribution is 5.84. The fourth-order valence-electron chi connectivity index (χ4n) is 2.04. The lowest BCUT2D eigenvalue weighted by Gasteiger charge is -2.34. The second kappa shape index (κ2) is 7.36. The minimum Gasteiger partial charge on any atom is -0.347 e. The van der Waals surface area contributed by atoms with E-state index >= 15 is 0 Å². The number of rotatable bonds is 5. The molecule has 0 aromatic carbocycles. The standard InChI is InChI=1S/C13H25N3O2/c1-4-15-5-7-16(8-6-15)13(18)10-14-12(17)9-11(2)3/h11H,4-10H2,1-3H3,(H,14,17). The Hall–Kier alpha value is -1.10. The third kappa shape index (κ3) is 5.04. The molecule has 1 rings (SSSR count). The number of amides is 2. The molecule has 1 heterocycles. The van der Waals surface area contributed by atoms with E-state index < -0.39 is 0 Å². The summed E-state index contributed by atoms with van der Waals surface area (Å²) in [6, 6.07) is 0. The Morgan fingerprint density at radius 1 is 1.17 bits per heavy atom. The molecule has 2 amide bonds. The Balaban J connectivity index is 2.23. The van der Waals surface area contributed by atoms with Crippen LogP contribution in [0.15, 0.2) is 0 Å². The van der Waals surface area contributed by atoms with Crippen molar-refractivity contribution in [3.8, 4) is 0 Å². The number of hydrogen-bond acceptors (Lipinski definition) is 3. The molecule has 1 fully saturated rings. The summed E-state index contributed by atoms with van der Waals surface area (Å²) in [5.41, 5.74) is 0. The molecule has 1 N–H and O–H groups in total. The van der Waals surface area contributed by atoms with Gasteiger partial charge in [-0.2, -0.15) is 0 Å². The Bertz CT molecular complexity index is 284. The summed E-state index contributed by atoms with van der Waals surface area (Å²) in [5.74, 6) is 0.321. The van der Waals surface area contributed by atoms with Gasteiger partial charge in [0.25, 0.3) is 0 Å². The van der Waals surface area contributed by atoms with Crippen molar-refractivity contribution < 1.29 is 9.59 Å². The second-order valence-electron chi connectivity index (χ2n) is 5.19. The van der Waals surface area contributed by atoms with Gasteiger partial charge >= 0.3 is 0 Å². The summed E-state index contributed by atoms with van der Waals surface area (Å²) in [4.78, 5) is 27.5. The van der Waals surface area contributed by atoms with Gasteiger partial charge in [-0.05, 0) is 12.5 Å². The first-order valence-corrected chi connectivity index (χ1v) is 6.79. The van der Waals surface area contributed by atoms with Gasteiger partial charge in [0.05, 0.1) is 6.54 Å². The average molecular weight is 255 g/mol. The molecule has 0 spiro atoms. The van der Waals surface area contributed by atoms with Crippen molar-refractivity contribution in [1.82, 2.24) is 15.1 Å². The molecule has 1 saturated heterocycles. The predicted octanol–water partition coefficient (Wildman–Crippen LogP) is 0.313. The first kappa shape index (κ1) is 15.0. The van der Waals surface area contributed by atoms with Crippen LogP contribution >= 0.6 is 0 Å². The molecule has 0 radical (unpaired) electrons. The van der Waals surface area contributed by atoms with Crippen molar-refractivity contribution in [3.05, 3.63) is 0 Å². The van der Waals surface area contributed by atoms with Crippen LogP contribution in [-0.4, -0.2) is 60.9 Å². The van der Waals surface area contributed by atoms with Gasteiger partial charge in [0.15, 0.2) is 0 Å². The van der Waals surface area contributed by atoms with Crippen LogP contribution in [0.1, 0.15) is 27.2 Å². The molecule has 0 unspecified atom stereocenters. The van der Waals surface area contributed by atoms with E-state index in [-0.39, 0.29) is 18.4 Å².